The second-order valence-electron chi connectivity index (χ2n) is 5.19. The maximum absolute atomic E-state index is 11.8. The van der Waals surface area contributed by atoms with Gasteiger partial charge in [0, 0.05) is 13.1 Å². The van der Waals surface area contributed by atoms with E-state index in [-0.39, 0.29) is 23.5 Å². The number of nitrogens with zero attached hydrogens (tertiary/aromatic N) is 1. The molecule has 6 heteroatoms. The van der Waals surface area contributed by atoms with Crippen molar-refractivity contribution in [1.29, 1.82) is 0 Å². The van der Waals surface area contributed by atoms with Crippen molar-refractivity contribution in [2.75, 3.05) is 18.8 Å². The minimum Gasteiger partial charge on any atom is -0.481 e. The molecular weight excluding hydrogens is 242 g/mol. The quantitative estimate of drug-likeness (QED) is 0.814. The third-order valence-electron chi connectivity index (χ3n) is 3.93. The van der Waals surface area contributed by atoms with Gasteiger partial charge in [0.1, 0.15) is 0 Å². The van der Waals surface area contributed by atoms with E-state index in [4.69, 9.17) is 5.11 Å². The van der Waals surface area contributed by atoms with E-state index in [1.54, 1.807) is 11.2 Å². The fourth-order valence-corrected chi connectivity index (χ4v) is 4.37. The van der Waals surface area contributed by atoms with Gasteiger partial charge in [0.2, 0.25) is 10.0 Å². The Balaban J connectivity index is 2.08. The molecule has 1 aliphatic carbocycles. The molecule has 1 saturated carbocycles. The van der Waals surface area contributed by atoms with Gasteiger partial charge in [-0.3, -0.25) is 4.79 Å². The standard InChI is InChI=1S/C11H19NO4S/c1-2-17(15,16)12-6-8-3-9(7-12)5-10(4-8)11(13)14/h8-10H,2-7H2,1H3,(H,13,14). The molecule has 2 unspecified atom stereocenters. The maximum Gasteiger partial charge on any atom is 0.306 e. The molecule has 2 bridgehead atoms. The molecule has 17 heavy (non-hydrogen) atoms. The smallest absolute Gasteiger partial charge is 0.306 e. The van der Waals surface area contributed by atoms with E-state index in [9.17, 15) is 13.2 Å². The maximum atomic E-state index is 11.8. The molecule has 2 rings (SSSR count). The van der Waals surface area contributed by atoms with E-state index < -0.39 is 16.0 Å². The highest BCUT2D eigenvalue weighted by Gasteiger charge is 2.40. The first-order valence-corrected chi connectivity index (χ1v) is 7.74. The van der Waals surface area contributed by atoms with Crippen LogP contribution in [0.3, 0.4) is 0 Å². The number of carboxylic acids is 1. The Morgan fingerprint density at radius 1 is 1.24 bits per heavy atom. The number of fused-ring (bicyclic) bond motifs is 2. The fraction of sp³-hybridized carbons (Fsp3) is 0.909. The van der Waals surface area contributed by atoms with E-state index >= 15 is 0 Å². The van der Waals surface area contributed by atoms with Crippen molar-refractivity contribution in [2.45, 2.75) is 26.2 Å². The summed E-state index contributed by atoms with van der Waals surface area (Å²) in [6, 6.07) is 0. The van der Waals surface area contributed by atoms with Crippen LogP contribution in [0.4, 0.5) is 0 Å². The molecule has 2 atom stereocenters. The van der Waals surface area contributed by atoms with E-state index in [0.717, 1.165) is 6.42 Å². The number of sulfonamides is 1. The number of rotatable bonds is 3. The van der Waals surface area contributed by atoms with Crippen LogP contribution < -0.4 is 0 Å². The third kappa shape index (κ3) is 2.63. The molecule has 1 aliphatic heterocycles. The highest BCUT2D eigenvalue weighted by molar-refractivity contribution is 7.89. The van der Waals surface area contributed by atoms with Crippen LogP contribution in [0.5, 0.6) is 0 Å². The van der Waals surface area contributed by atoms with E-state index in [0.29, 0.717) is 25.9 Å². The van der Waals surface area contributed by atoms with Crippen molar-refractivity contribution >= 4 is 16.0 Å². The Labute approximate surface area is 102 Å². The SMILES string of the molecule is CCS(=O)(=O)N1CC2CC(CC(C(=O)O)C2)C1. The van der Waals surface area contributed by atoms with Crippen LogP contribution in [-0.2, 0) is 14.8 Å². The number of aliphatic carboxylic acids is 1. The lowest BCUT2D eigenvalue weighted by Gasteiger charge is -2.42. The summed E-state index contributed by atoms with van der Waals surface area (Å²) in [4.78, 5) is 11.0. The van der Waals surface area contributed by atoms with Gasteiger partial charge in [-0.15, -0.1) is 0 Å². The van der Waals surface area contributed by atoms with E-state index in [1.165, 1.54) is 0 Å². The molecule has 0 aromatic heterocycles. The summed E-state index contributed by atoms with van der Waals surface area (Å²) in [5.41, 5.74) is 0. The highest BCUT2D eigenvalue weighted by Crippen LogP contribution is 2.38. The second kappa shape index (κ2) is 4.57. The Bertz CT molecular complexity index is 392. The number of piperidine rings is 1. The van der Waals surface area contributed by atoms with Crippen LogP contribution in [0.1, 0.15) is 26.2 Å². The van der Waals surface area contributed by atoms with Gasteiger partial charge in [0.25, 0.3) is 0 Å². The van der Waals surface area contributed by atoms with Crippen molar-refractivity contribution < 1.29 is 18.3 Å². The Morgan fingerprint density at radius 3 is 2.18 bits per heavy atom. The van der Waals surface area contributed by atoms with Gasteiger partial charge in [0.15, 0.2) is 0 Å². The fourth-order valence-electron chi connectivity index (χ4n) is 3.12. The van der Waals surface area contributed by atoms with Crippen LogP contribution in [0, 0.1) is 17.8 Å². The molecule has 0 amide bonds. The predicted molar refractivity (Wildman–Crippen MR) is 63.0 cm³/mol. The third-order valence-corrected chi connectivity index (χ3v) is 5.75. The molecule has 0 spiro atoms. The zero-order chi connectivity index (χ0) is 12.6. The van der Waals surface area contributed by atoms with Gasteiger partial charge in [0.05, 0.1) is 11.7 Å². The molecule has 2 fully saturated rings. The molecule has 1 N–H and O–H groups in total. The van der Waals surface area contributed by atoms with E-state index in [1.807, 2.05) is 0 Å². The summed E-state index contributed by atoms with van der Waals surface area (Å²) in [5.74, 6) is -0.416. The minimum atomic E-state index is -3.12. The highest BCUT2D eigenvalue weighted by atomic mass is 32.2. The molecule has 0 aromatic carbocycles. The molecule has 1 heterocycles. The van der Waals surface area contributed by atoms with Crippen molar-refractivity contribution in [1.82, 2.24) is 4.31 Å². The van der Waals surface area contributed by atoms with Gasteiger partial charge in [-0.2, -0.15) is 0 Å². The molecular formula is C11H19NO4S. The van der Waals surface area contributed by atoms with Gasteiger partial charge >= 0.3 is 5.97 Å². The molecule has 98 valence electrons. The Kier molecular flexibility index (Phi) is 3.45. The second-order valence-corrected chi connectivity index (χ2v) is 7.45. The van der Waals surface area contributed by atoms with E-state index in [2.05, 4.69) is 0 Å². The minimum absolute atomic E-state index is 0.134. The zero-order valence-electron chi connectivity index (χ0n) is 10.0. The van der Waals surface area contributed by atoms with Crippen LogP contribution >= 0.6 is 0 Å². The lowest BCUT2D eigenvalue weighted by atomic mass is 9.73. The van der Waals surface area contributed by atoms with Crippen molar-refractivity contribution in [3.8, 4) is 0 Å². The summed E-state index contributed by atoms with van der Waals surface area (Å²) in [6.07, 6.45) is 2.24. The molecule has 1 saturated heterocycles. The van der Waals surface area contributed by atoms with Gasteiger partial charge in [-0.1, -0.05) is 0 Å². The summed E-state index contributed by atoms with van der Waals surface area (Å²) < 4.78 is 25.2. The normalized spacial score (nSPS) is 34.5. The zero-order valence-corrected chi connectivity index (χ0v) is 10.8. The van der Waals surface area contributed by atoms with Gasteiger partial charge in [-0.25, -0.2) is 12.7 Å². The largest absolute Gasteiger partial charge is 0.481 e. The lowest BCUT2D eigenvalue weighted by Crippen LogP contribution is -2.48. The van der Waals surface area contributed by atoms with Crippen LogP contribution in [0.15, 0.2) is 0 Å². The first kappa shape index (κ1) is 12.8. The molecule has 5 nitrogen and oxygen atoms in total. The predicted octanol–water partition coefficient (Wildman–Crippen LogP) is 0.769. The molecule has 0 radical (unpaired) electrons. The van der Waals surface area contributed by atoms with Crippen molar-refractivity contribution in [2.24, 2.45) is 17.8 Å². The number of hydrogen-bond acceptors (Lipinski definition) is 3. The number of carbonyl (C=O) groups is 1. The van der Waals surface area contributed by atoms with Crippen LogP contribution in [-0.4, -0.2) is 42.6 Å². The van der Waals surface area contributed by atoms with Gasteiger partial charge < -0.3 is 5.11 Å². The topological polar surface area (TPSA) is 74.7 Å². The monoisotopic (exact) mass is 261 g/mol. The average molecular weight is 261 g/mol. The molecule has 2 aliphatic rings. The van der Waals surface area contributed by atoms with Crippen molar-refractivity contribution in [3.63, 3.8) is 0 Å². The lowest BCUT2D eigenvalue weighted by molar-refractivity contribution is -0.144. The van der Waals surface area contributed by atoms with Crippen LogP contribution in [0.2, 0.25) is 0 Å². The first-order chi connectivity index (χ1) is 7.92. The van der Waals surface area contributed by atoms with Crippen molar-refractivity contribution in [3.05, 3.63) is 0 Å². The average Bonchev–Trinajstić information content (AvgIpc) is 2.27. The Morgan fingerprint density at radius 2 is 1.76 bits per heavy atom. The number of carboxylic acid groups (broad SMARTS) is 1. The summed E-state index contributed by atoms with van der Waals surface area (Å²) in [5, 5.41) is 9.03. The Hall–Kier alpha value is -0.620. The van der Waals surface area contributed by atoms with Crippen LogP contribution in [0.25, 0.3) is 0 Å². The summed E-state index contributed by atoms with van der Waals surface area (Å²) in [6.45, 7) is 2.67. The molecule has 0 aromatic rings. The number of hydrogen-bond donors (Lipinski definition) is 1. The van der Waals surface area contributed by atoms with Gasteiger partial charge in [-0.05, 0) is 38.0 Å². The summed E-state index contributed by atoms with van der Waals surface area (Å²) >= 11 is 0. The first-order valence-electron chi connectivity index (χ1n) is 6.13. The summed E-state index contributed by atoms with van der Waals surface area (Å²) in [7, 11) is -3.12.